The Kier molecular flexibility index (Phi) is 16.0. The lowest BCUT2D eigenvalue weighted by Crippen LogP contribution is -2.22. The summed E-state index contributed by atoms with van der Waals surface area (Å²) >= 11 is 0. The van der Waals surface area contributed by atoms with Crippen molar-refractivity contribution in [2.45, 2.75) is 93.4 Å². The van der Waals surface area contributed by atoms with Crippen LogP contribution in [-0.4, -0.2) is 0 Å². The van der Waals surface area contributed by atoms with E-state index in [1.54, 1.807) is 0 Å². The van der Waals surface area contributed by atoms with Gasteiger partial charge in [0.1, 0.15) is 0 Å². The van der Waals surface area contributed by atoms with Crippen LogP contribution in [0.5, 0.6) is 0 Å². The molecule has 0 aromatic rings. The highest BCUT2D eigenvalue weighted by molar-refractivity contribution is 4.75. The van der Waals surface area contributed by atoms with Gasteiger partial charge in [-0.1, -0.05) is 87.0 Å². The van der Waals surface area contributed by atoms with E-state index in [4.69, 9.17) is 0 Å². The van der Waals surface area contributed by atoms with E-state index in [9.17, 15) is 0 Å². The van der Waals surface area contributed by atoms with Crippen LogP contribution in [0.3, 0.4) is 0 Å². The second-order valence-corrected chi connectivity index (χ2v) is 5.73. The number of hydrogen-bond donors (Lipinski definition) is 0. The average Bonchev–Trinajstić information content (AvgIpc) is 2.31. The molecule has 0 amide bonds. The molecule has 0 N–H and O–H groups in total. The Hall–Kier alpha value is 0. The van der Waals surface area contributed by atoms with Gasteiger partial charge in [-0.3, -0.25) is 0 Å². The topological polar surface area (TPSA) is 0 Å². The number of rotatable bonds is 2. The van der Waals surface area contributed by atoms with Gasteiger partial charge in [-0.15, -0.1) is 0 Å². The maximum Gasteiger partial charge on any atom is -0.0363 e. The molecular formula is C17H38. The molecule has 0 aromatic carbocycles. The molecule has 0 heterocycles. The van der Waals surface area contributed by atoms with Crippen LogP contribution in [0.25, 0.3) is 0 Å². The van der Waals surface area contributed by atoms with Gasteiger partial charge in [0.25, 0.3) is 0 Å². The van der Waals surface area contributed by atoms with Crippen LogP contribution in [0.15, 0.2) is 0 Å². The Bertz CT molecular complexity index is 122. The molecule has 1 saturated carbocycles. The minimum atomic E-state index is 0.963. The van der Waals surface area contributed by atoms with E-state index in [0.717, 1.165) is 17.8 Å². The summed E-state index contributed by atoms with van der Waals surface area (Å²) in [5.74, 6) is 3.00. The van der Waals surface area contributed by atoms with Crippen molar-refractivity contribution < 1.29 is 0 Å². The van der Waals surface area contributed by atoms with E-state index >= 15 is 0 Å². The van der Waals surface area contributed by atoms with Crippen molar-refractivity contribution in [1.82, 2.24) is 0 Å². The van der Waals surface area contributed by atoms with E-state index in [1.807, 2.05) is 0 Å². The average molecular weight is 242 g/mol. The summed E-state index contributed by atoms with van der Waals surface area (Å²) in [5, 5.41) is 0. The summed E-state index contributed by atoms with van der Waals surface area (Å²) in [6.07, 6.45) is 9.81. The Morgan fingerprint density at radius 1 is 0.882 bits per heavy atom. The van der Waals surface area contributed by atoms with E-state index in [1.165, 1.54) is 44.9 Å². The molecule has 0 radical (unpaired) electrons. The predicted octanol–water partition coefficient (Wildman–Crippen LogP) is 6.69. The number of hydrogen-bond acceptors (Lipinski definition) is 0. The zero-order chi connectivity index (χ0) is 13.7. The Morgan fingerprint density at radius 2 is 1.29 bits per heavy atom. The largest absolute Gasteiger partial charge is 0.0656 e. The van der Waals surface area contributed by atoms with Crippen molar-refractivity contribution in [3.63, 3.8) is 0 Å². The van der Waals surface area contributed by atoms with Gasteiger partial charge >= 0.3 is 0 Å². The molecule has 0 spiro atoms. The Balaban J connectivity index is 0. The van der Waals surface area contributed by atoms with Gasteiger partial charge in [0.05, 0.1) is 0 Å². The molecular weight excluding hydrogens is 204 g/mol. The van der Waals surface area contributed by atoms with E-state index in [-0.39, 0.29) is 0 Å². The Morgan fingerprint density at radius 3 is 1.65 bits per heavy atom. The summed E-state index contributed by atoms with van der Waals surface area (Å²) in [7, 11) is 0. The Labute approximate surface area is 112 Å². The van der Waals surface area contributed by atoms with Crippen LogP contribution in [0.2, 0.25) is 0 Å². The third-order valence-electron chi connectivity index (χ3n) is 3.55. The van der Waals surface area contributed by atoms with Crippen molar-refractivity contribution in [2.24, 2.45) is 17.8 Å². The molecule has 0 nitrogen and oxygen atoms in total. The quantitative estimate of drug-likeness (QED) is 0.506. The molecule has 1 aliphatic rings. The third kappa shape index (κ3) is 10.9. The smallest absolute Gasteiger partial charge is 0.0363 e. The standard InChI is InChI=1S/C11H22.2C3H8/c1-4-9(2)11-8-6-5-7-10(11)3;2*1-3-2/h9-11H,4-8H2,1-3H3;2*3H2,1-2H3. The molecule has 3 atom stereocenters. The molecule has 0 aliphatic heterocycles. The monoisotopic (exact) mass is 242 g/mol. The molecule has 0 aromatic heterocycles. The van der Waals surface area contributed by atoms with Crippen LogP contribution >= 0.6 is 0 Å². The fraction of sp³-hybridized carbons (Fsp3) is 1.00. The molecule has 1 aliphatic carbocycles. The molecule has 1 rings (SSSR count). The first-order chi connectivity index (χ1) is 8.08. The molecule has 0 heteroatoms. The zero-order valence-electron chi connectivity index (χ0n) is 13.7. The van der Waals surface area contributed by atoms with Crippen molar-refractivity contribution >= 4 is 0 Å². The third-order valence-corrected chi connectivity index (χ3v) is 3.55. The lowest BCUT2D eigenvalue weighted by atomic mass is 9.73. The summed E-state index contributed by atoms with van der Waals surface area (Å²) < 4.78 is 0. The summed E-state index contributed by atoms with van der Waals surface area (Å²) in [6.45, 7) is 15.7. The normalized spacial score (nSPS) is 24.9. The van der Waals surface area contributed by atoms with E-state index in [0.29, 0.717) is 0 Å². The highest BCUT2D eigenvalue weighted by Gasteiger charge is 2.24. The first-order valence-corrected chi connectivity index (χ1v) is 8.08. The summed E-state index contributed by atoms with van der Waals surface area (Å²) in [4.78, 5) is 0. The van der Waals surface area contributed by atoms with Crippen LogP contribution in [0.4, 0.5) is 0 Å². The van der Waals surface area contributed by atoms with Crippen LogP contribution in [0, 0.1) is 17.8 Å². The van der Waals surface area contributed by atoms with Crippen molar-refractivity contribution in [1.29, 1.82) is 0 Å². The first kappa shape index (κ1) is 19.3. The first-order valence-electron chi connectivity index (χ1n) is 8.08. The summed E-state index contributed by atoms with van der Waals surface area (Å²) in [5.41, 5.74) is 0. The highest BCUT2D eigenvalue weighted by Crippen LogP contribution is 2.35. The van der Waals surface area contributed by atoms with Crippen molar-refractivity contribution in [3.8, 4) is 0 Å². The fourth-order valence-electron chi connectivity index (χ4n) is 2.49. The molecule has 3 unspecified atom stereocenters. The van der Waals surface area contributed by atoms with Crippen molar-refractivity contribution in [3.05, 3.63) is 0 Å². The van der Waals surface area contributed by atoms with Gasteiger partial charge in [-0.25, -0.2) is 0 Å². The fourth-order valence-corrected chi connectivity index (χ4v) is 2.49. The predicted molar refractivity (Wildman–Crippen MR) is 82.5 cm³/mol. The lowest BCUT2D eigenvalue weighted by molar-refractivity contribution is 0.181. The van der Waals surface area contributed by atoms with Gasteiger partial charge in [0.15, 0.2) is 0 Å². The molecule has 106 valence electrons. The molecule has 1 fully saturated rings. The summed E-state index contributed by atoms with van der Waals surface area (Å²) in [6, 6.07) is 0. The van der Waals surface area contributed by atoms with Gasteiger partial charge in [0.2, 0.25) is 0 Å². The van der Waals surface area contributed by atoms with E-state index in [2.05, 4.69) is 48.5 Å². The minimum Gasteiger partial charge on any atom is -0.0656 e. The molecule has 17 heavy (non-hydrogen) atoms. The van der Waals surface area contributed by atoms with Gasteiger partial charge in [-0.2, -0.15) is 0 Å². The van der Waals surface area contributed by atoms with Crippen LogP contribution in [-0.2, 0) is 0 Å². The van der Waals surface area contributed by atoms with Crippen LogP contribution in [0.1, 0.15) is 93.4 Å². The highest BCUT2D eigenvalue weighted by atomic mass is 14.3. The zero-order valence-corrected chi connectivity index (χ0v) is 13.7. The lowest BCUT2D eigenvalue weighted by Gasteiger charge is -2.33. The second kappa shape index (κ2) is 14.1. The second-order valence-electron chi connectivity index (χ2n) is 5.73. The maximum atomic E-state index is 2.44. The minimum absolute atomic E-state index is 0.963. The van der Waals surface area contributed by atoms with E-state index < -0.39 is 0 Å². The van der Waals surface area contributed by atoms with Gasteiger partial charge in [0, 0.05) is 0 Å². The van der Waals surface area contributed by atoms with Gasteiger partial charge < -0.3 is 0 Å². The SMILES string of the molecule is CCC.CCC.CCC(C)C1CCCCC1C. The van der Waals surface area contributed by atoms with Gasteiger partial charge in [-0.05, 0) is 24.2 Å². The molecule has 0 bridgehead atoms. The van der Waals surface area contributed by atoms with Crippen LogP contribution < -0.4 is 0 Å². The van der Waals surface area contributed by atoms with Crippen molar-refractivity contribution in [2.75, 3.05) is 0 Å². The maximum absolute atomic E-state index is 2.44. The molecule has 0 saturated heterocycles.